The van der Waals surface area contributed by atoms with E-state index in [9.17, 15) is 4.39 Å². The van der Waals surface area contributed by atoms with Crippen LogP contribution in [0.15, 0.2) is 0 Å². The van der Waals surface area contributed by atoms with Crippen molar-refractivity contribution in [1.29, 1.82) is 0 Å². The zero-order chi connectivity index (χ0) is 7.68. The van der Waals surface area contributed by atoms with Gasteiger partial charge in [0.15, 0.2) is 0 Å². The number of fused-ring (bicyclic) bond motifs is 1. The number of hydrogen-bond acceptors (Lipinski definition) is 0. The van der Waals surface area contributed by atoms with Crippen molar-refractivity contribution in [1.82, 2.24) is 0 Å². The molecule has 0 aromatic carbocycles. The van der Waals surface area contributed by atoms with E-state index in [1.54, 1.807) is 0 Å². The molecule has 64 valence electrons. The number of hydrogen-bond donors (Lipinski definition) is 0. The average molecular weight is 156 g/mol. The van der Waals surface area contributed by atoms with Gasteiger partial charge in [0.1, 0.15) is 6.17 Å². The molecule has 0 aromatic rings. The first kappa shape index (κ1) is 7.57. The molecule has 2 rings (SSSR count). The molecule has 0 nitrogen and oxygen atoms in total. The fraction of sp³-hybridized carbons (Fsp3) is 1.00. The van der Waals surface area contributed by atoms with Gasteiger partial charge in [0.25, 0.3) is 0 Å². The summed E-state index contributed by atoms with van der Waals surface area (Å²) < 4.78 is 13.3. The maximum Gasteiger partial charge on any atom is 0.103 e. The SMILES string of the molecule is FC1CCC[C@H]2CCCC[C@@H]12. The van der Waals surface area contributed by atoms with Crippen molar-refractivity contribution in [3.05, 3.63) is 0 Å². The average Bonchev–Trinajstić information content (AvgIpc) is 2.06. The maximum atomic E-state index is 13.3. The van der Waals surface area contributed by atoms with Crippen LogP contribution >= 0.6 is 0 Å². The van der Waals surface area contributed by atoms with Crippen molar-refractivity contribution in [2.45, 2.75) is 51.1 Å². The Morgan fingerprint density at radius 2 is 1.55 bits per heavy atom. The van der Waals surface area contributed by atoms with Gasteiger partial charge in [-0.05, 0) is 31.1 Å². The third-order valence-electron chi connectivity index (χ3n) is 3.49. The fourth-order valence-electron chi connectivity index (χ4n) is 2.86. The summed E-state index contributed by atoms with van der Waals surface area (Å²) in [7, 11) is 0. The lowest BCUT2D eigenvalue weighted by molar-refractivity contribution is 0.0717. The minimum absolute atomic E-state index is 0.450. The van der Waals surface area contributed by atoms with E-state index in [1.807, 2.05) is 0 Å². The monoisotopic (exact) mass is 156 g/mol. The molecule has 0 radical (unpaired) electrons. The second kappa shape index (κ2) is 3.12. The topological polar surface area (TPSA) is 0 Å². The van der Waals surface area contributed by atoms with Crippen LogP contribution in [0.25, 0.3) is 0 Å². The van der Waals surface area contributed by atoms with Gasteiger partial charge in [0.05, 0.1) is 0 Å². The predicted octanol–water partition coefficient (Wildman–Crippen LogP) is 3.31. The lowest BCUT2D eigenvalue weighted by Gasteiger charge is -2.37. The Bertz CT molecular complexity index is 131. The molecule has 1 unspecified atom stereocenters. The molecule has 0 spiro atoms. The van der Waals surface area contributed by atoms with Crippen LogP contribution in [0.2, 0.25) is 0 Å². The van der Waals surface area contributed by atoms with Crippen LogP contribution in [0, 0.1) is 11.8 Å². The molecule has 0 saturated heterocycles. The van der Waals surface area contributed by atoms with Crippen LogP contribution in [0.1, 0.15) is 44.9 Å². The van der Waals surface area contributed by atoms with Crippen molar-refractivity contribution < 1.29 is 4.39 Å². The van der Waals surface area contributed by atoms with Gasteiger partial charge in [0, 0.05) is 0 Å². The lowest BCUT2D eigenvalue weighted by atomic mass is 9.70. The third-order valence-corrected chi connectivity index (χ3v) is 3.49. The van der Waals surface area contributed by atoms with Gasteiger partial charge in [-0.1, -0.05) is 25.7 Å². The predicted molar refractivity (Wildman–Crippen MR) is 44.2 cm³/mol. The minimum atomic E-state index is -0.450. The van der Waals surface area contributed by atoms with Crippen LogP contribution in [0.5, 0.6) is 0 Å². The Hall–Kier alpha value is -0.0700. The molecule has 0 bridgehead atoms. The number of halogens is 1. The molecule has 0 aromatic heterocycles. The molecule has 0 heterocycles. The second-order valence-electron chi connectivity index (χ2n) is 4.16. The van der Waals surface area contributed by atoms with E-state index in [4.69, 9.17) is 0 Å². The van der Waals surface area contributed by atoms with E-state index in [2.05, 4.69) is 0 Å². The Labute approximate surface area is 68.2 Å². The second-order valence-corrected chi connectivity index (χ2v) is 4.16. The molecule has 11 heavy (non-hydrogen) atoms. The van der Waals surface area contributed by atoms with E-state index in [0.717, 1.165) is 18.8 Å². The summed E-state index contributed by atoms with van der Waals surface area (Å²) in [6, 6.07) is 0. The first-order chi connectivity index (χ1) is 5.38. The zero-order valence-electron chi connectivity index (χ0n) is 7.06. The van der Waals surface area contributed by atoms with Gasteiger partial charge >= 0.3 is 0 Å². The quantitative estimate of drug-likeness (QED) is 0.504. The Morgan fingerprint density at radius 3 is 2.36 bits per heavy atom. The highest BCUT2D eigenvalue weighted by molar-refractivity contribution is 4.84. The highest BCUT2D eigenvalue weighted by Crippen LogP contribution is 2.41. The molecule has 0 aliphatic heterocycles. The molecule has 3 atom stereocenters. The minimum Gasteiger partial charge on any atom is -0.247 e. The van der Waals surface area contributed by atoms with Crippen LogP contribution in [-0.2, 0) is 0 Å². The number of alkyl halides is 1. The standard InChI is InChI=1S/C10H17F/c11-10-7-3-5-8-4-1-2-6-9(8)10/h8-10H,1-7H2/t8-,9-,10?/m1/s1. The fourth-order valence-corrected chi connectivity index (χ4v) is 2.86. The van der Waals surface area contributed by atoms with Crippen molar-refractivity contribution in [2.24, 2.45) is 11.8 Å². The van der Waals surface area contributed by atoms with Gasteiger partial charge in [0.2, 0.25) is 0 Å². The maximum absolute atomic E-state index is 13.3. The summed E-state index contributed by atoms with van der Waals surface area (Å²) in [6.45, 7) is 0. The van der Waals surface area contributed by atoms with Crippen molar-refractivity contribution in [2.75, 3.05) is 0 Å². The van der Waals surface area contributed by atoms with Crippen molar-refractivity contribution in [3.63, 3.8) is 0 Å². The van der Waals surface area contributed by atoms with Crippen LogP contribution in [0.3, 0.4) is 0 Å². The van der Waals surface area contributed by atoms with Gasteiger partial charge < -0.3 is 0 Å². The summed E-state index contributed by atoms with van der Waals surface area (Å²) in [5.41, 5.74) is 0. The van der Waals surface area contributed by atoms with E-state index in [0.29, 0.717) is 5.92 Å². The van der Waals surface area contributed by atoms with Gasteiger partial charge in [-0.2, -0.15) is 0 Å². The van der Waals surface area contributed by atoms with E-state index < -0.39 is 6.17 Å². The molecular weight excluding hydrogens is 139 g/mol. The summed E-state index contributed by atoms with van der Waals surface area (Å²) in [6.07, 6.45) is 7.97. The van der Waals surface area contributed by atoms with Gasteiger partial charge in [-0.15, -0.1) is 0 Å². The van der Waals surface area contributed by atoms with E-state index in [-0.39, 0.29) is 0 Å². The number of rotatable bonds is 0. The van der Waals surface area contributed by atoms with Crippen LogP contribution < -0.4 is 0 Å². The Balaban J connectivity index is 1.99. The first-order valence-electron chi connectivity index (χ1n) is 5.02. The zero-order valence-corrected chi connectivity index (χ0v) is 7.06. The van der Waals surface area contributed by atoms with Crippen LogP contribution in [-0.4, -0.2) is 6.17 Å². The molecule has 2 saturated carbocycles. The summed E-state index contributed by atoms with van der Waals surface area (Å²) >= 11 is 0. The van der Waals surface area contributed by atoms with Crippen molar-refractivity contribution >= 4 is 0 Å². The molecule has 2 aliphatic rings. The lowest BCUT2D eigenvalue weighted by Crippen LogP contribution is -2.31. The molecule has 2 aliphatic carbocycles. The molecule has 1 heteroatoms. The van der Waals surface area contributed by atoms with E-state index >= 15 is 0 Å². The summed E-state index contributed by atoms with van der Waals surface area (Å²) in [5.74, 6) is 1.21. The Morgan fingerprint density at radius 1 is 0.818 bits per heavy atom. The molecule has 2 fully saturated rings. The highest BCUT2D eigenvalue weighted by atomic mass is 19.1. The highest BCUT2D eigenvalue weighted by Gasteiger charge is 2.34. The summed E-state index contributed by atoms with van der Waals surface area (Å²) in [4.78, 5) is 0. The van der Waals surface area contributed by atoms with Gasteiger partial charge in [-0.3, -0.25) is 0 Å². The van der Waals surface area contributed by atoms with Crippen LogP contribution in [0.4, 0.5) is 4.39 Å². The normalized spacial score (nSPS) is 45.0. The van der Waals surface area contributed by atoms with Crippen molar-refractivity contribution in [3.8, 4) is 0 Å². The smallest absolute Gasteiger partial charge is 0.103 e. The third kappa shape index (κ3) is 1.43. The first-order valence-corrected chi connectivity index (χ1v) is 5.02. The van der Waals surface area contributed by atoms with Gasteiger partial charge in [-0.25, -0.2) is 4.39 Å². The summed E-state index contributed by atoms with van der Waals surface area (Å²) in [5, 5.41) is 0. The van der Waals surface area contributed by atoms with E-state index in [1.165, 1.54) is 32.1 Å². The molecule has 0 amide bonds. The largest absolute Gasteiger partial charge is 0.247 e. The molecular formula is C10H17F. The molecule has 0 N–H and O–H groups in total. The Kier molecular flexibility index (Phi) is 2.15.